The van der Waals surface area contributed by atoms with Crippen molar-refractivity contribution in [3.63, 3.8) is 0 Å². The van der Waals surface area contributed by atoms with Crippen LogP contribution < -0.4 is 10.2 Å². The number of nitro benzene ring substituents is 1. The quantitative estimate of drug-likeness (QED) is 0.677. The van der Waals surface area contributed by atoms with E-state index >= 15 is 0 Å². The van der Waals surface area contributed by atoms with Gasteiger partial charge < -0.3 is 15.0 Å². The van der Waals surface area contributed by atoms with Gasteiger partial charge in [0.05, 0.1) is 30.0 Å². The van der Waals surface area contributed by atoms with Crippen LogP contribution in [-0.4, -0.2) is 42.1 Å². The van der Waals surface area contributed by atoms with Crippen molar-refractivity contribution in [1.29, 1.82) is 0 Å². The first-order chi connectivity index (χ1) is 12.0. The Bertz CT molecular complexity index is 786. The van der Waals surface area contributed by atoms with Crippen molar-refractivity contribution in [1.82, 2.24) is 4.98 Å². The van der Waals surface area contributed by atoms with Crippen molar-refractivity contribution >= 4 is 23.1 Å². The molecule has 0 radical (unpaired) electrons. The highest BCUT2D eigenvalue weighted by Gasteiger charge is 2.16. The summed E-state index contributed by atoms with van der Waals surface area (Å²) in [4.78, 5) is 29.3. The molecule has 0 saturated carbocycles. The van der Waals surface area contributed by atoms with E-state index in [1.54, 1.807) is 31.3 Å². The Morgan fingerprint density at radius 2 is 2.04 bits per heavy atom. The maximum atomic E-state index is 12.3. The lowest BCUT2D eigenvalue weighted by molar-refractivity contribution is -0.385. The lowest BCUT2D eigenvalue weighted by atomic mass is 10.1. The lowest BCUT2D eigenvalue weighted by Gasteiger charge is -2.27. The third-order valence-electron chi connectivity index (χ3n) is 4.01. The maximum Gasteiger partial charge on any atom is 0.273 e. The van der Waals surface area contributed by atoms with Crippen LogP contribution in [0.4, 0.5) is 17.2 Å². The summed E-state index contributed by atoms with van der Waals surface area (Å²) in [6, 6.07) is 8.00. The Kier molecular flexibility index (Phi) is 4.90. The highest BCUT2D eigenvalue weighted by atomic mass is 16.6. The molecule has 1 N–H and O–H groups in total. The van der Waals surface area contributed by atoms with Gasteiger partial charge in [-0.05, 0) is 25.1 Å². The predicted molar refractivity (Wildman–Crippen MR) is 93.1 cm³/mol. The number of hydrogen-bond acceptors (Lipinski definition) is 6. The molecular formula is C17H18N4O4. The summed E-state index contributed by atoms with van der Waals surface area (Å²) >= 11 is 0. The Morgan fingerprint density at radius 3 is 2.68 bits per heavy atom. The zero-order valence-corrected chi connectivity index (χ0v) is 13.8. The van der Waals surface area contributed by atoms with Gasteiger partial charge in [0.1, 0.15) is 5.82 Å². The van der Waals surface area contributed by atoms with E-state index in [0.717, 1.165) is 18.9 Å². The Balaban J connectivity index is 1.70. The normalized spacial score (nSPS) is 14.2. The van der Waals surface area contributed by atoms with Gasteiger partial charge in [0.15, 0.2) is 0 Å². The van der Waals surface area contributed by atoms with E-state index in [-0.39, 0.29) is 11.3 Å². The van der Waals surface area contributed by atoms with Crippen molar-refractivity contribution in [2.24, 2.45) is 0 Å². The van der Waals surface area contributed by atoms with Crippen LogP contribution in [0.5, 0.6) is 0 Å². The van der Waals surface area contributed by atoms with E-state index < -0.39 is 10.8 Å². The predicted octanol–water partition coefficient (Wildman–Crippen LogP) is 2.39. The molecule has 1 saturated heterocycles. The van der Waals surface area contributed by atoms with Crippen molar-refractivity contribution in [2.75, 3.05) is 36.5 Å². The van der Waals surface area contributed by atoms with Gasteiger partial charge in [-0.15, -0.1) is 0 Å². The summed E-state index contributed by atoms with van der Waals surface area (Å²) in [6.07, 6.45) is 1.57. The van der Waals surface area contributed by atoms with Gasteiger partial charge in [0.25, 0.3) is 11.6 Å². The molecule has 1 aromatic heterocycles. The Hall–Kier alpha value is -3.00. The van der Waals surface area contributed by atoms with Crippen LogP contribution in [0.25, 0.3) is 0 Å². The standard InChI is InChI=1S/C17H18N4O4/c1-12-2-3-13(10-15(12)21(23)24)17(22)19-14-4-5-16(18-11-14)20-6-8-25-9-7-20/h2-5,10-11H,6-9H2,1H3,(H,19,22). The van der Waals surface area contributed by atoms with Crippen LogP contribution in [0, 0.1) is 17.0 Å². The third-order valence-corrected chi connectivity index (χ3v) is 4.01. The van der Waals surface area contributed by atoms with Crippen molar-refractivity contribution in [3.8, 4) is 0 Å². The summed E-state index contributed by atoms with van der Waals surface area (Å²) in [6.45, 7) is 4.55. The number of aromatic nitrogens is 1. The number of carbonyl (C=O) groups is 1. The zero-order valence-electron chi connectivity index (χ0n) is 13.8. The van der Waals surface area contributed by atoms with Crippen LogP contribution in [-0.2, 0) is 4.74 Å². The number of nitrogens with zero attached hydrogens (tertiary/aromatic N) is 3. The number of nitro groups is 1. The number of hydrogen-bond donors (Lipinski definition) is 1. The lowest BCUT2D eigenvalue weighted by Crippen LogP contribution is -2.36. The maximum absolute atomic E-state index is 12.3. The fraction of sp³-hybridized carbons (Fsp3) is 0.294. The number of ether oxygens (including phenoxy) is 1. The van der Waals surface area contributed by atoms with Gasteiger partial charge in [-0.1, -0.05) is 6.07 Å². The second-order valence-corrected chi connectivity index (χ2v) is 5.72. The molecule has 0 unspecified atom stereocenters. The van der Waals surface area contributed by atoms with Gasteiger partial charge >= 0.3 is 0 Å². The molecule has 8 heteroatoms. The van der Waals surface area contributed by atoms with E-state index in [1.165, 1.54) is 6.07 Å². The second-order valence-electron chi connectivity index (χ2n) is 5.72. The van der Waals surface area contributed by atoms with Gasteiger partial charge in [-0.25, -0.2) is 4.98 Å². The molecule has 0 bridgehead atoms. The van der Waals surface area contributed by atoms with Crippen LogP contribution in [0.15, 0.2) is 36.5 Å². The molecule has 1 amide bonds. The number of amides is 1. The number of anilines is 2. The minimum absolute atomic E-state index is 0.0755. The van der Waals surface area contributed by atoms with Crippen LogP contribution in [0.2, 0.25) is 0 Å². The molecule has 25 heavy (non-hydrogen) atoms. The zero-order chi connectivity index (χ0) is 17.8. The highest BCUT2D eigenvalue weighted by Crippen LogP contribution is 2.21. The third kappa shape index (κ3) is 3.92. The largest absolute Gasteiger partial charge is 0.378 e. The number of nitrogens with one attached hydrogen (secondary N) is 1. The fourth-order valence-electron chi connectivity index (χ4n) is 2.59. The SMILES string of the molecule is Cc1ccc(C(=O)Nc2ccc(N3CCOCC3)nc2)cc1[N+](=O)[O-]. The fourth-order valence-corrected chi connectivity index (χ4v) is 2.59. The van der Waals surface area contributed by atoms with Crippen molar-refractivity contribution in [2.45, 2.75) is 6.92 Å². The number of pyridine rings is 1. The minimum atomic E-state index is -0.495. The minimum Gasteiger partial charge on any atom is -0.378 e. The molecule has 0 aliphatic carbocycles. The number of morpholine rings is 1. The summed E-state index contributed by atoms with van der Waals surface area (Å²) in [5.41, 5.74) is 1.20. The number of carbonyl (C=O) groups excluding carboxylic acids is 1. The average Bonchev–Trinajstić information content (AvgIpc) is 2.63. The molecule has 8 nitrogen and oxygen atoms in total. The number of rotatable bonds is 4. The van der Waals surface area contributed by atoms with E-state index in [1.807, 2.05) is 6.07 Å². The molecule has 3 rings (SSSR count). The van der Waals surface area contributed by atoms with Gasteiger partial charge in [-0.3, -0.25) is 14.9 Å². The highest BCUT2D eigenvalue weighted by molar-refractivity contribution is 6.04. The van der Waals surface area contributed by atoms with Crippen LogP contribution >= 0.6 is 0 Å². The van der Waals surface area contributed by atoms with Crippen LogP contribution in [0.3, 0.4) is 0 Å². The van der Waals surface area contributed by atoms with Crippen LogP contribution in [0.1, 0.15) is 15.9 Å². The smallest absolute Gasteiger partial charge is 0.273 e. The van der Waals surface area contributed by atoms with E-state index in [9.17, 15) is 14.9 Å². The van der Waals surface area contributed by atoms with E-state index in [2.05, 4.69) is 15.2 Å². The summed E-state index contributed by atoms with van der Waals surface area (Å²) in [5, 5.41) is 13.7. The summed E-state index contributed by atoms with van der Waals surface area (Å²) in [5.74, 6) is 0.413. The topological polar surface area (TPSA) is 97.6 Å². The van der Waals surface area contributed by atoms with Crippen molar-refractivity contribution in [3.05, 3.63) is 57.8 Å². The number of aryl methyl sites for hydroxylation is 1. The molecule has 1 aliphatic heterocycles. The molecule has 1 aromatic carbocycles. The molecule has 1 aliphatic rings. The average molecular weight is 342 g/mol. The first-order valence-electron chi connectivity index (χ1n) is 7.90. The molecule has 0 atom stereocenters. The first kappa shape index (κ1) is 16.8. The Morgan fingerprint density at radius 1 is 1.28 bits per heavy atom. The van der Waals surface area contributed by atoms with Gasteiger partial charge in [0.2, 0.25) is 0 Å². The Labute approximate surface area is 144 Å². The molecule has 2 heterocycles. The summed E-state index contributed by atoms with van der Waals surface area (Å²) < 4.78 is 5.31. The monoisotopic (exact) mass is 342 g/mol. The molecule has 1 fully saturated rings. The molecule has 2 aromatic rings. The molecule has 0 spiro atoms. The first-order valence-corrected chi connectivity index (χ1v) is 7.90. The second kappa shape index (κ2) is 7.27. The van der Waals surface area contributed by atoms with E-state index in [4.69, 9.17) is 4.74 Å². The molecular weight excluding hydrogens is 324 g/mol. The number of benzene rings is 1. The van der Waals surface area contributed by atoms with E-state index in [0.29, 0.717) is 24.5 Å². The van der Waals surface area contributed by atoms with Gasteiger partial charge in [-0.2, -0.15) is 0 Å². The molecule has 130 valence electrons. The van der Waals surface area contributed by atoms with Crippen molar-refractivity contribution < 1.29 is 14.5 Å². The van der Waals surface area contributed by atoms with Gasteiger partial charge in [0, 0.05) is 30.3 Å². The summed E-state index contributed by atoms with van der Waals surface area (Å²) in [7, 11) is 0.